The number of carbonyl (C=O) groups is 1. The van der Waals surface area contributed by atoms with E-state index < -0.39 is 5.82 Å². The van der Waals surface area contributed by atoms with E-state index in [2.05, 4.69) is 9.88 Å². The van der Waals surface area contributed by atoms with Crippen LogP contribution in [0.15, 0.2) is 18.3 Å². The highest BCUT2D eigenvalue weighted by molar-refractivity contribution is 7.80. The molecule has 0 aromatic carbocycles. The summed E-state index contributed by atoms with van der Waals surface area (Å²) in [5.74, 6) is -0.627. The third-order valence-electron chi connectivity index (χ3n) is 3.91. The highest BCUT2D eigenvalue weighted by Crippen LogP contribution is 2.18. The van der Waals surface area contributed by atoms with E-state index in [1.807, 2.05) is 13.8 Å². The largest absolute Gasteiger partial charge is 0.392 e. The summed E-state index contributed by atoms with van der Waals surface area (Å²) in [6, 6.07) is 2.65. The number of nitrogens with zero attached hydrogens (tertiary/aromatic N) is 3. The van der Waals surface area contributed by atoms with Crippen LogP contribution in [0.2, 0.25) is 0 Å². The van der Waals surface area contributed by atoms with E-state index >= 15 is 0 Å². The summed E-state index contributed by atoms with van der Waals surface area (Å²) in [6.45, 7) is 6.49. The molecule has 0 bridgehead atoms. The quantitative estimate of drug-likeness (QED) is 0.845. The molecule has 1 saturated heterocycles. The number of pyridine rings is 1. The normalized spacial score (nSPS) is 16.8. The van der Waals surface area contributed by atoms with Gasteiger partial charge in [-0.25, -0.2) is 9.37 Å². The summed E-state index contributed by atoms with van der Waals surface area (Å²) < 4.78 is 12.8. The summed E-state index contributed by atoms with van der Waals surface area (Å²) in [6.07, 6.45) is 1.06. The Morgan fingerprint density at radius 1 is 1.33 bits per heavy atom. The van der Waals surface area contributed by atoms with Crippen molar-refractivity contribution >= 4 is 23.1 Å². The summed E-state index contributed by atoms with van der Waals surface area (Å²) in [5.41, 5.74) is 5.66. The van der Waals surface area contributed by atoms with Gasteiger partial charge in [-0.05, 0) is 26.0 Å². The van der Waals surface area contributed by atoms with Gasteiger partial charge in [-0.15, -0.1) is 0 Å². The standard InChI is InChI=1S/C14H19FN4OS/c1-14(2,13(16)21)19-7-5-18(6-8-19)12(20)11-4-3-10(15)9-17-11/h3-4,9H,5-8H2,1-2H3,(H2,16,21). The van der Waals surface area contributed by atoms with E-state index in [0.29, 0.717) is 31.2 Å². The van der Waals surface area contributed by atoms with Crippen molar-refractivity contribution in [3.63, 3.8) is 0 Å². The van der Waals surface area contributed by atoms with Crippen molar-refractivity contribution in [3.05, 3.63) is 29.8 Å². The maximum Gasteiger partial charge on any atom is 0.272 e. The van der Waals surface area contributed by atoms with E-state index in [-0.39, 0.29) is 17.1 Å². The lowest BCUT2D eigenvalue weighted by molar-refractivity contribution is 0.0534. The van der Waals surface area contributed by atoms with Crippen molar-refractivity contribution in [3.8, 4) is 0 Å². The Bertz CT molecular complexity index is 538. The van der Waals surface area contributed by atoms with Crippen LogP contribution in [-0.2, 0) is 0 Å². The maximum atomic E-state index is 12.8. The van der Waals surface area contributed by atoms with Gasteiger partial charge in [0.05, 0.1) is 16.7 Å². The Hall–Kier alpha value is -1.60. The minimum Gasteiger partial charge on any atom is -0.392 e. The fraction of sp³-hybridized carbons (Fsp3) is 0.500. The first-order chi connectivity index (χ1) is 9.82. The minimum atomic E-state index is -0.449. The molecule has 0 unspecified atom stereocenters. The zero-order valence-electron chi connectivity index (χ0n) is 12.2. The van der Waals surface area contributed by atoms with Crippen LogP contribution in [0, 0.1) is 5.82 Å². The predicted octanol–water partition coefficient (Wildman–Crippen LogP) is 1.04. The molecule has 1 aliphatic rings. The summed E-state index contributed by atoms with van der Waals surface area (Å²) in [5, 5.41) is 0. The summed E-state index contributed by atoms with van der Waals surface area (Å²) >= 11 is 5.09. The maximum absolute atomic E-state index is 12.8. The molecule has 0 atom stereocenters. The number of thiocarbonyl (C=S) groups is 1. The Kier molecular flexibility index (Phi) is 4.53. The van der Waals surface area contributed by atoms with Crippen LogP contribution < -0.4 is 5.73 Å². The average Bonchev–Trinajstić information content (AvgIpc) is 2.47. The molecule has 1 fully saturated rings. The van der Waals surface area contributed by atoms with Gasteiger partial charge in [0.2, 0.25) is 0 Å². The van der Waals surface area contributed by atoms with Crippen molar-refractivity contribution in [1.82, 2.24) is 14.8 Å². The van der Waals surface area contributed by atoms with Crippen LogP contribution in [-0.4, -0.2) is 57.4 Å². The summed E-state index contributed by atoms with van der Waals surface area (Å²) in [4.78, 5) is 20.4. The van der Waals surface area contributed by atoms with Crippen LogP contribution in [0.3, 0.4) is 0 Å². The molecule has 2 heterocycles. The van der Waals surface area contributed by atoms with Gasteiger partial charge in [-0.1, -0.05) is 12.2 Å². The number of aromatic nitrogens is 1. The number of nitrogens with two attached hydrogens (primary N) is 1. The van der Waals surface area contributed by atoms with Gasteiger partial charge in [0.1, 0.15) is 11.5 Å². The second-order valence-electron chi connectivity index (χ2n) is 5.56. The van der Waals surface area contributed by atoms with Gasteiger partial charge >= 0.3 is 0 Å². The van der Waals surface area contributed by atoms with Gasteiger partial charge in [0.15, 0.2) is 0 Å². The Morgan fingerprint density at radius 3 is 2.43 bits per heavy atom. The number of halogens is 1. The topological polar surface area (TPSA) is 62.5 Å². The lowest BCUT2D eigenvalue weighted by atomic mass is 10.0. The lowest BCUT2D eigenvalue weighted by Crippen LogP contribution is -2.59. The number of rotatable bonds is 3. The fourth-order valence-electron chi connectivity index (χ4n) is 2.29. The molecule has 0 aliphatic carbocycles. The van der Waals surface area contributed by atoms with Gasteiger partial charge in [0, 0.05) is 26.2 Å². The minimum absolute atomic E-state index is 0.178. The van der Waals surface area contributed by atoms with Crippen molar-refractivity contribution in [1.29, 1.82) is 0 Å². The number of piperazine rings is 1. The number of amides is 1. The molecule has 2 N–H and O–H groups in total. The highest BCUT2D eigenvalue weighted by Gasteiger charge is 2.33. The molecule has 1 aromatic rings. The molecule has 21 heavy (non-hydrogen) atoms. The monoisotopic (exact) mass is 310 g/mol. The van der Waals surface area contributed by atoms with Gasteiger partial charge in [-0.2, -0.15) is 0 Å². The first kappa shape index (κ1) is 15.8. The van der Waals surface area contributed by atoms with Crippen LogP contribution in [0.1, 0.15) is 24.3 Å². The summed E-state index contributed by atoms with van der Waals surface area (Å²) in [7, 11) is 0. The van der Waals surface area contributed by atoms with E-state index in [4.69, 9.17) is 18.0 Å². The van der Waals surface area contributed by atoms with Gasteiger partial charge < -0.3 is 10.6 Å². The van der Waals surface area contributed by atoms with E-state index in [1.54, 1.807) is 4.90 Å². The number of carbonyl (C=O) groups excluding carboxylic acids is 1. The molecule has 5 nitrogen and oxygen atoms in total. The van der Waals surface area contributed by atoms with Crippen LogP contribution in [0.5, 0.6) is 0 Å². The second kappa shape index (κ2) is 6.03. The molecule has 7 heteroatoms. The van der Waals surface area contributed by atoms with Gasteiger partial charge in [-0.3, -0.25) is 9.69 Å². The third kappa shape index (κ3) is 3.36. The highest BCUT2D eigenvalue weighted by atomic mass is 32.1. The van der Waals surface area contributed by atoms with E-state index in [9.17, 15) is 9.18 Å². The molecular formula is C14H19FN4OS. The molecular weight excluding hydrogens is 291 g/mol. The molecule has 0 saturated carbocycles. The average molecular weight is 310 g/mol. The predicted molar refractivity (Wildman–Crippen MR) is 82.5 cm³/mol. The Morgan fingerprint density at radius 2 is 1.95 bits per heavy atom. The molecule has 2 rings (SSSR count). The van der Waals surface area contributed by atoms with Crippen LogP contribution >= 0.6 is 12.2 Å². The molecule has 1 amide bonds. The molecule has 1 aromatic heterocycles. The number of hydrogen-bond acceptors (Lipinski definition) is 4. The Balaban J connectivity index is 1.99. The third-order valence-corrected chi connectivity index (χ3v) is 4.41. The molecule has 114 valence electrons. The first-order valence-electron chi connectivity index (χ1n) is 6.78. The fourth-order valence-corrected chi connectivity index (χ4v) is 2.42. The van der Waals surface area contributed by atoms with E-state index in [1.165, 1.54) is 12.1 Å². The SMILES string of the molecule is CC(C)(C(N)=S)N1CCN(C(=O)c2ccc(F)cn2)CC1. The molecule has 0 radical (unpaired) electrons. The zero-order valence-corrected chi connectivity index (χ0v) is 13.0. The molecule has 1 aliphatic heterocycles. The van der Waals surface area contributed by atoms with E-state index in [0.717, 1.165) is 6.20 Å². The lowest BCUT2D eigenvalue weighted by Gasteiger charge is -2.43. The second-order valence-corrected chi connectivity index (χ2v) is 6.00. The van der Waals surface area contributed by atoms with Crippen molar-refractivity contribution in [2.45, 2.75) is 19.4 Å². The van der Waals surface area contributed by atoms with Crippen molar-refractivity contribution in [2.24, 2.45) is 5.73 Å². The van der Waals surface area contributed by atoms with Crippen LogP contribution in [0.25, 0.3) is 0 Å². The zero-order chi connectivity index (χ0) is 15.6. The Labute approximate surface area is 128 Å². The molecule has 0 spiro atoms. The van der Waals surface area contributed by atoms with Crippen molar-refractivity contribution in [2.75, 3.05) is 26.2 Å². The van der Waals surface area contributed by atoms with Gasteiger partial charge in [0.25, 0.3) is 5.91 Å². The van der Waals surface area contributed by atoms with Crippen molar-refractivity contribution < 1.29 is 9.18 Å². The van der Waals surface area contributed by atoms with Crippen LogP contribution in [0.4, 0.5) is 4.39 Å². The number of hydrogen-bond donors (Lipinski definition) is 1. The smallest absolute Gasteiger partial charge is 0.272 e. The first-order valence-corrected chi connectivity index (χ1v) is 7.19.